The lowest BCUT2D eigenvalue weighted by Crippen LogP contribution is -2.71. The van der Waals surface area contributed by atoms with E-state index in [1.807, 2.05) is 24.3 Å². The molecule has 6 fully saturated rings. The van der Waals surface area contributed by atoms with Gasteiger partial charge in [0, 0.05) is 24.7 Å². The number of amides is 2. The van der Waals surface area contributed by atoms with Crippen molar-refractivity contribution in [3.8, 4) is 0 Å². The van der Waals surface area contributed by atoms with Crippen LogP contribution < -0.4 is 10.6 Å². The summed E-state index contributed by atoms with van der Waals surface area (Å²) in [5, 5.41) is 37.0. The fourth-order valence-corrected chi connectivity index (χ4v) is 8.78. The minimum Gasteiger partial charge on any atom is -0.499 e. The molecule has 9 atom stereocenters. The number of carbonyl (C=O) groups is 4. The van der Waals surface area contributed by atoms with Crippen molar-refractivity contribution in [1.29, 1.82) is 0 Å². The van der Waals surface area contributed by atoms with E-state index in [4.69, 9.17) is 33.6 Å². The van der Waals surface area contributed by atoms with Gasteiger partial charge in [-0.05, 0) is 77.0 Å². The number of benzene rings is 1. The van der Waals surface area contributed by atoms with Crippen molar-refractivity contribution in [2.24, 2.45) is 17.3 Å². The summed E-state index contributed by atoms with van der Waals surface area (Å²) < 4.78 is 30.5. The highest BCUT2D eigenvalue weighted by atomic mass is 16.8. The molecule has 3 aliphatic heterocycles. The average Bonchev–Trinajstić information content (AvgIpc) is 4.09. The Bertz CT molecular complexity index is 1660. The van der Waals surface area contributed by atoms with E-state index >= 15 is 0 Å². The first-order valence-corrected chi connectivity index (χ1v) is 19.8. The minimum absolute atomic E-state index is 0.0200. The molecule has 3 saturated carbocycles. The smallest absolute Gasteiger partial charge is 0.327 e. The molecule has 7 rings (SSSR count). The van der Waals surface area contributed by atoms with Crippen LogP contribution in [0, 0.1) is 17.3 Å². The van der Waals surface area contributed by atoms with Gasteiger partial charge in [0.1, 0.15) is 48.1 Å². The number of hydrogen-bond acceptors (Lipinski definition) is 14. The molecule has 0 radical (unpaired) electrons. The van der Waals surface area contributed by atoms with Gasteiger partial charge < -0.3 is 49.6 Å². The van der Waals surface area contributed by atoms with E-state index in [-0.39, 0.29) is 50.9 Å². The highest BCUT2D eigenvalue weighted by Crippen LogP contribution is 2.63. The summed E-state index contributed by atoms with van der Waals surface area (Å²) in [6, 6.07) is 3.76. The number of hydroxylamine groups is 2. The molecule has 3 saturated heterocycles. The van der Waals surface area contributed by atoms with E-state index < -0.39 is 95.8 Å². The van der Waals surface area contributed by atoms with Crippen LogP contribution in [-0.4, -0.2) is 124 Å². The Kier molecular flexibility index (Phi) is 11.6. The van der Waals surface area contributed by atoms with E-state index in [9.17, 15) is 29.4 Å². The van der Waals surface area contributed by atoms with Crippen LogP contribution in [0.1, 0.15) is 83.8 Å². The van der Waals surface area contributed by atoms with E-state index in [0.717, 1.165) is 36.8 Å². The summed E-state index contributed by atoms with van der Waals surface area (Å²) in [6.45, 7) is 6.08. The molecule has 0 spiro atoms. The Morgan fingerprint density at radius 3 is 2.39 bits per heavy atom. The van der Waals surface area contributed by atoms with Gasteiger partial charge in [0.2, 0.25) is 11.8 Å². The van der Waals surface area contributed by atoms with Gasteiger partial charge in [0.05, 0.1) is 38.2 Å². The molecule has 2 bridgehead atoms. The zero-order valence-corrected chi connectivity index (χ0v) is 32.4. The molecule has 2 amide bonds. The SMILES string of the molecule is CC(O)C(NC(=O)C12CC3OC(=O)C1N(Cc1ccccc1C=COCCO)OC2C1OC(C2CC2)(C2CC2)OC31)C(=O)NC(CO)CCC(=O)OC(C)(C)C. The number of nitrogens with one attached hydrogen (secondary N) is 2. The molecule has 6 aliphatic rings. The molecule has 56 heavy (non-hydrogen) atoms. The molecule has 1 aromatic carbocycles. The van der Waals surface area contributed by atoms with Crippen molar-refractivity contribution in [2.75, 3.05) is 19.8 Å². The van der Waals surface area contributed by atoms with Crippen LogP contribution in [0.5, 0.6) is 0 Å². The number of ether oxygens (including phenoxy) is 5. The first-order chi connectivity index (χ1) is 26.7. The van der Waals surface area contributed by atoms with Crippen molar-refractivity contribution >= 4 is 29.8 Å². The number of rotatable bonds is 17. The van der Waals surface area contributed by atoms with Crippen LogP contribution in [0.2, 0.25) is 0 Å². The quantitative estimate of drug-likeness (QED) is 0.0855. The van der Waals surface area contributed by atoms with Crippen LogP contribution in [0.3, 0.4) is 0 Å². The maximum Gasteiger partial charge on any atom is 0.327 e. The number of hydrogen-bond donors (Lipinski definition) is 5. The Hall–Kier alpha value is -3.64. The van der Waals surface area contributed by atoms with Gasteiger partial charge in [-0.3, -0.25) is 24.0 Å². The molecule has 308 valence electrons. The lowest BCUT2D eigenvalue weighted by molar-refractivity contribution is -0.235. The van der Waals surface area contributed by atoms with Crippen molar-refractivity contribution in [1.82, 2.24) is 15.7 Å². The van der Waals surface area contributed by atoms with Crippen molar-refractivity contribution in [2.45, 2.75) is 139 Å². The molecule has 3 heterocycles. The largest absolute Gasteiger partial charge is 0.499 e. The highest BCUT2D eigenvalue weighted by molar-refractivity contribution is 5.96. The fourth-order valence-electron chi connectivity index (χ4n) is 8.78. The fraction of sp³-hybridized carbons (Fsp3) is 0.700. The first-order valence-electron chi connectivity index (χ1n) is 19.8. The summed E-state index contributed by atoms with van der Waals surface area (Å²) in [4.78, 5) is 62.0. The van der Waals surface area contributed by atoms with E-state index in [2.05, 4.69) is 10.6 Å². The van der Waals surface area contributed by atoms with Gasteiger partial charge in [-0.2, -0.15) is 5.06 Å². The number of aliphatic hydroxyl groups is 3. The Labute approximate surface area is 326 Å². The third-order valence-corrected chi connectivity index (χ3v) is 11.6. The maximum atomic E-state index is 15.0. The Morgan fingerprint density at radius 1 is 1.05 bits per heavy atom. The van der Waals surface area contributed by atoms with Gasteiger partial charge >= 0.3 is 11.9 Å². The number of fused-ring (bicyclic) bond motifs is 4. The van der Waals surface area contributed by atoms with E-state index in [1.54, 1.807) is 26.8 Å². The molecule has 16 nitrogen and oxygen atoms in total. The zero-order valence-electron chi connectivity index (χ0n) is 32.4. The monoisotopic (exact) mass is 785 g/mol. The Balaban J connectivity index is 1.17. The number of aliphatic hydroxyl groups excluding tert-OH is 3. The normalized spacial score (nSPS) is 30.9. The molecule has 3 aliphatic carbocycles. The summed E-state index contributed by atoms with van der Waals surface area (Å²) in [5.74, 6) is -3.18. The maximum absolute atomic E-state index is 15.0. The molecule has 9 unspecified atom stereocenters. The lowest BCUT2D eigenvalue weighted by atomic mass is 9.62. The third-order valence-electron chi connectivity index (χ3n) is 11.6. The van der Waals surface area contributed by atoms with E-state index in [1.165, 1.54) is 18.2 Å². The highest BCUT2D eigenvalue weighted by Gasteiger charge is 2.78. The van der Waals surface area contributed by atoms with Gasteiger partial charge in [-0.25, -0.2) is 0 Å². The van der Waals surface area contributed by atoms with Gasteiger partial charge in [0.15, 0.2) is 11.8 Å². The van der Waals surface area contributed by atoms with Crippen LogP contribution in [-0.2, 0) is 54.2 Å². The summed E-state index contributed by atoms with van der Waals surface area (Å²) in [6.07, 6.45) is 2.24. The van der Waals surface area contributed by atoms with Gasteiger partial charge in [-0.15, -0.1) is 0 Å². The average molecular weight is 786 g/mol. The molecular weight excluding hydrogens is 730 g/mol. The molecule has 1 aromatic rings. The minimum atomic E-state index is -1.62. The zero-order chi connectivity index (χ0) is 40.0. The van der Waals surface area contributed by atoms with Crippen molar-refractivity contribution in [3.05, 3.63) is 41.7 Å². The lowest BCUT2D eigenvalue weighted by Gasteiger charge is -2.49. The summed E-state index contributed by atoms with van der Waals surface area (Å²) in [5.41, 5.74) is -0.834. The van der Waals surface area contributed by atoms with Crippen molar-refractivity contribution < 1.29 is 63.0 Å². The summed E-state index contributed by atoms with van der Waals surface area (Å²) in [7, 11) is 0. The van der Waals surface area contributed by atoms with Crippen molar-refractivity contribution in [3.63, 3.8) is 0 Å². The standard InChI is InChI=1S/C40H55N3O13/c1-22(46)30(35(48)41-27(21-45)13-14-29(47)53-38(2,3)4)42-37(50)39-19-28-31-32(55-40(54-31,25-9-10-25)26-11-12-26)34(39)56-43(33(39)36(49)52-28)20-24-8-6-5-7-23(24)15-17-51-18-16-44/h5-8,15,17,22,25-28,30-34,44-46H,9-14,16,18-21H2,1-4H3,(H,41,48)(H,42,50). The number of carbonyl (C=O) groups excluding carboxylic acids is 4. The second-order valence-electron chi connectivity index (χ2n) is 17.0. The second kappa shape index (κ2) is 16.0. The topological polar surface area (TPSA) is 212 Å². The van der Waals surface area contributed by atoms with Crippen LogP contribution in [0.25, 0.3) is 6.08 Å². The molecular formula is C40H55N3O13. The summed E-state index contributed by atoms with van der Waals surface area (Å²) >= 11 is 0. The predicted molar refractivity (Wildman–Crippen MR) is 195 cm³/mol. The molecule has 0 aromatic heterocycles. The third kappa shape index (κ3) is 7.93. The number of esters is 2. The predicted octanol–water partition coefficient (Wildman–Crippen LogP) is 1.23. The number of nitrogens with zero attached hydrogens (tertiary/aromatic N) is 1. The van der Waals surface area contributed by atoms with Crippen LogP contribution in [0.4, 0.5) is 0 Å². The molecule has 16 heteroatoms. The van der Waals surface area contributed by atoms with Crippen LogP contribution in [0.15, 0.2) is 30.5 Å². The second-order valence-corrected chi connectivity index (χ2v) is 17.0. The molecule has 5 N–H and O–H groups in total. The van der Waals surface area contributed by atoms with Gasteiger partial charge in [0.25, 0.3) is 0 Å². The first kappa shape index (κ1) is 40.6. The van der Waals surface area contributed by atoms with E-state index in [0.29, 0.717) is 0 Å². The van der Waals surface area contributed by atoms with Crippen LogP contribution >= 0.6 is 0 Å². The van der Waals surface area contributed by atoms with Gasteiger partial charge in [-0.1, -0.05) is 24.3 Å². The Morgan fingerprint density at radius 2 is 1.75 bits per heavy atom.